The van der Waals surface area contributed by atoms with Crippen molar-refractivity contribution in [1.29, 1.82) is 0 Å². The molecule has 0 N–H and O–H groups in total. The van der Waals surface area contributed by atoms with Crippen molar-refractivity contribution in [2.75, 3.05) is 0 Å². The van der Waals surface area contributed by atoms with Gasteiger partial charge in [0.05, 0.1) is 0 Å². The number of hydrogen-bond acceptors (Lipinski definition) is 2. The minimum atomic E-state index is 0.200. The number of hydrogen-bond donors (Lipinski definition) is 0. The van der Waals surface area contributed by atoms with Crippen LogP contribution in [0.5, 0.6) is 0 Å². The third kappa shape index (κ3) is 2.39. The molecule has 0 spiro atoms. The van der Waals surface area contributed by atoms with Gasteiger partial charge in [0.1, 0.15) is 0 Å². The van der Waals surface area contributed by atoms with Crippen LogP contribution in [0.1, 0.15) is 27.0 Å². The molecule has 1 aromatic heterocycles. The van der Waals surface area contributed by atoms with Gasteiger partial charge in [-0.3, -0.25) is 4.79 Å². The standard InChI is InChI=1S/C18H16OS/c1-12-7-8-14(9-13(12)2)10-17(19)16-11-20-18-6-4-3-5-15(16)18/h3-9,11H,10H2,1-2H3. The van der Waals surface area contributed by atoms with E-state index in [4.69, 9.17) is 0 Å². The lowest BCUT2D eigenvalue weighted by Gasteiger charge is -2.04. The molecule has 1 nitrogen and oxygen atoms in total. The lowest BCUT2D eigenvalue weighted by molar-refractivity contribution is 0.0995. The van der Waals surface area contributed by atoms with E-state index in [0.717, 1.165) is 16.5 Å². The van der Waals surface area contributed by atoms with Crippen molar-refractivity contribution in [1.82, 2.24) is 0 Å². The number of thiophene rings is 1. The number of fused-ring (bicyclic) bond motifs is 1. The second-order valence-electron chi connectivity index (χ2n) is 5.16. The molecule has 2 heteroatoms. The minimum absolute atomic E-state index is 0.200. The van der Waals surface area contributed by atoms with Gasteiger partial charge >= 0.3 is 0 Å². The average Bonchev–Trinajstić information content (AvgIpc) is 2.87. The van der Waals surface area contributed by atoms with Gasteiger partial charge in [-0.05, 0) is 36.6 Å². The van der Waals surface area contributed by atoms with Crippen LogP contribution in [-0.2, 0) is 6.42 Å². The van der Waals surface area contributed by atoms with Crippen molar-refractivity contribution in [3.63, 3.8) is 0 Å². The Morgan fingerprint density at radius 1 is 1.05 bits per heavy atom. The van der Waals surface area contributed by atoms with Crippen LogP contribution in [0.25, 0.3) is 10.1 Å². The summed E-state index contributed by atoms with van der Waals surface area (Å²) in [5.41, 5.74) is 4.45. The highest BCUT2D eigenvalue weighted by molar-refractivity contribution is 7.17. The van der Waals surface area contributed by atoms with Gasteiger partial charge in [0.2, 0.25) is 0 Å². The first-order valence-electron chi connectivity index (χ1n) is 6.71. The number of rotatable bonds is 3. The van der Waals surface area contributed by atoms with E-state index in [2.05, 4.69) is 38.1 Å². The highest BCUT2D eigenvalue weighted by Crippen LogP contribution is 2.26. The van der Waals surface area contributed by atoms with Crippen molar-refractivity contribution in [3.8, 4) is 0 Å². The van der Waals surface area contributed by atoms with E-state index < -0.39 is 0 Å². The maximum Gasteiger partial charge on any atom is 0.168 e. The molecule has 2 aromatic carbocycles. The molecule has 0 aliphatic rings. The maximum atomic E-state index is 12.5. The van der Waals surface area contributed by atoms with Gasteiger partial charge in [-0.2, -0.15) is 0 Å². The fraction of sp³-hybridized carbons (Fsp3) is 0.167. The Bertz CT molecular complexity index is 783. The maximum absolute atomic E-state index is 12.5. The third-order valence-corrected chi connectivity index (χ3v) is 4.68. The first kappa shape index (κ1) is 13.1. The van der Waals surface area contributed by atoms with Crippen LogP contribution in [0.4, 0.5) is 0 Å². The molecule has 0 aliphatic carbocycles. The fourth-order valence-electron chi connectivity index (χ4n) is 2.39. The van der Waals surface area contributed by atoms with Crippen molar-refractivity contribution in [3.05, 3.63) is 70.1 Å². The van der Waals surface area contributed by atoms with Crippen LogP contribution in [-0.4, -0.2) is 5.78 Å². The smallest absolute Gasteiger partial charge is 0.168 e. The molecule has 0 bridgehead atoms. The number of Topliss-reactive ketones (excluding diaryl/α,β-unsaturated/α-hetero) is 1. The molecule has 100 valence electrons. The quantitative estimate of drug-likeness (QED) is 0.621. The Hall–Kier alpha value is -1.93. The largest absolute Gasteiger partial charge is 0.294 e. The van der Waals surface area contributed by atoms with E-state index in [1.807, 2.05) is 23.6 Å². The molecular weight excluding hydrogens is 264 g/mol. The third-order valence-electron chi connectivity index (χ3n) is 3.72. The Kier molecular flexibility index (Phi) is 3.41. The van der Waals surface area contributed by atoms with E-state index in [1.165, 1.54) is 15.8 Å². The summed E-state index contributed by atoms with van der Waals surface area (Å²) in [4.78, 5) is 12.5. The van der Waals surface area contributed by atoms with Gasteiger partial charge in [0.15, 0.2) is 5.78 Å². The predicted molar refractivity (Wildman–Crippen MR) is 85.8 cm³/mol. The molecule has 3 rings (SSSR count). The number of carbonyl (C=O) groups is 1. The average molecular weight is 280 g/mol. The molecular formula is C18H16OS. The van der Waals surface area contributed by atoms with Gasteiger partial charge in [0, 0.05) is 27.5 Å². The van der Waals surface area contributed by atoms with Crippen LogP contribution in [0.2, 0.25) is 0 Å². The lowest BCUT2D eigenvalue weighted by Crippen LogP contribution is -2.03. The zero-order valence-electron chi connectivity index (χ0n) is 11.6. The minimum Gasteiger partial charge on any atom is -0.294 e. The zero-order valence-corrected chi connectivity index (χ0v) is 12.5. The summed E-state index contributed by atoms with van der Waals surface area (Å²) in [5, 5.41) is 3.06. The Morgan fingerprint density at radius 3 is 2.65 bits per heavy atom. The molecule has 0 fully saturated rings. The van der Waals surface area contributed by atoms with Crippen LogP contribution in [0, 0.1) is 13.8 Å². The topological polar surface area (TPSA) is 17.1 Å². The van der Waals surface area contributed by atoms with E-state index in [9.17, 15) is 4.79 Å². The number of benzene rings is 2. The van der Waals surface area contributed by atoms with E-state index >= 15 is 0 Å². The first-order valence-corrected chi connectivity index (χ1v) is 7.58. The number of carbonyl (C=O) groups excluding carboxylic acids is 1. The molecule has 0 unspecified atom stereocenters. The molecule has 0 saturated heterocycles. The second kappa shape index (κ2) is 5.22. The Labute approximate surface area is 122 Å². The van der Waals surface area contributed by atoms with Crippen LogP contribution in [0.15, 0.2) is 47.8 Å². The highest BCUT2D eigenvalue weighted by Gasteiger charge is 2.12. The molecule has 0 amide bonds. The summed E-state index contributed by atoms with van der Waals surface area (Å²) >= 11 is 1.64. The molecule has 1 heterocycles. The molecule has 0 aliphatic heterocycles. The van der Waals surface area contributed by atoms with E-state index in [1.54, 1.807) is 11.3 Å². The van der Waals surface area contributed by atoms with Crippen LogP contribution < -0.4 is 0 Å². The van der Waals surface area contributed by atoms with Gasteiger partial charge in [-0.1, -0.05) is 36.4 Å². The molecule has 20 heavy (non-hydrogen) atoms. The molecule has 0 saturated carbocycles. The van der Waals surface area contributed by atoms with Gasteiger partial charge in [0.25, 0.3) is 0 Å². The summed E-state index contributed by atoms with van der Waals surface area (Å²) in [7, 11) is 0. The summed E-state index contributed by atoms with van der Waals surface area (Å²) in [5.74, 6) is 0.200. The Balaban J connectivity index is 1.91. The van der Waals surface area contributed by atoms with E-state index in [-0.39, 0.29) is 5.78 Å². The zero-order chi connectivity index (χ0) is 14.1. The first-order chi connectivity index (χ1) is 9.65. The van der Waals surface area contributed by atoms with Crippen molar-refractivity contribution < 1.29 is 4.79 Å². The SMILES string of the molecule is Cc1ccc(CC(=O)c2csc3ccccc23)cc1C. The lowest BCUT2D eigenvalue weighted by atomic mass is 9.99. The predicted octanol–water partition coefficient (Wildman–Crippen LogP) is 4.94. The summed E-state index contributed by atoms with van der Waals surface area (Å²) < 4.78 is 1.18. The monoisotopic (exact) mass is 280 g/mol. The molecule has 0 atom stereocenters. The highest BCUT2D eigenvalue weighted by atomic mass is 32.1. The van der Waals surface area contributed by atoms with Crippen molar-refractivity contribution >= 4 is 27.2 Å². The van der Waals surface area contributed by atoms with Crippen molar-refractivity contribution in [2.24, 2.45) is 0 Å². The fourth-order valence-corrected chi connectivity index (χ4v) is 3.35. The number of aryl methyl sites for hydroxylation is 2. The normalized spacial score (nSPS) is 10.9. The van der Waals surface area contributed by atoms with Gasteiger partial charge < -0.3 is 0 Å². The van der Waals surface area contributed by atoms with Crippen LogP contribution >= 0.6 is 11.3 Å². The van der Waals surface area contributed by atoms with Gasteiger partial charge in [-0.25, -0.2) is 0 Å². The summed E-state index contributed by atoms with van der Waals surface area (Å²) in [6, 6.07) is 14.3. The van der Waals surface area contributed by atoms with Crippen LogP contribution in [0.3, 0.4) is 0 Å². The molecule has 0 radical (unpaired) electrons. The van der Waals surface area contributed by atoms with Crippen molar-refractivity contribution in [2.45, 2.75) is 20.3 Å². The van der Waals surface area contributed by atoms with Gasteiger partial charge in [-0.15, -0.1) is 11.3 Å². The summed E-state index contributed by atoms with van der Waals surface area (Å²) in [6.07, 6.45) is 0.474. The van der Waals surface area contributed by atoms with E-state index in [0.29, 0.717) is 6.42 Å². The number of ketones is 1. The second-order valence-corrected chi connectivity index (χ2v) is 6.08. The molecule has 3 aromatic rings. The summed E-state index contributed by atoms with van der Waals surface area (Å²) in [6.45, 7) is 4.18. The Morgan fingerprint density at radius 2 is 1.85 bits per heavy atom.